The second kappa shape index (κ2) is 13.2. The van der Waals surface area contributed by atoms with Gasteiger partial charge in [-0.2, -0.15) is 0 Å². The van der Waals surface area contributed by atoms with Gasteiger partial charge in [-0.1, -0.05) is 25.7 Å². The summed E-state index contributed by atoms with van der Waals surface area (Å²) in [6, 6.07) is 0. The first-order valence-corrected chi connectivity index (χ1v) is 8.78. The predicted molar refractivity (Wildman–Crippen MR) is 89.2 cm³/mol. The molecule has 0 aromatic carbocycles. The Balaban J connectivity index is 2.26. The monoisotopic (exact) mass is 306 g/mol. The number of carbonyl (C=O) groups excluding carboxylic acids is 2. The standard InChI is InChI=1S/C18H30N2O2/c21-17-13-11-9-7-5-3-1-2-4-6-8-10-12-14-18(22)20-16-15-19-17/h3-16H2,(H,19,21)(H,20,22). The minimum atomic E-state index is 0.0865. The van der Waals surface area contributed by atoms with Gasteiger partial charge in [0, 0.05) is 38.8 Å². The molecule has 22 heavy (non-hydrogen) atoms. The highest BCUT2D eigenvalue weighted by Gasteiger charge is 2.03. The molecule has 0 aromatic rings. The van der Waals surface area contributed by atoms with E-state index >= 15 is 0 Å². The van der Waals surface area contributed by atoms with E-state index in [-0.39, 0.29) is 11.8 Å². The van der Waals surface area contributed by atoms with Crippen LogP contribution in [0, 0.1) is 11.8 Å². The van der Waals surface area contributed by atoms with E-state index in [0.29, 0.717) is 25.9 Å². The van der Waals surface area contributed by atoms with Crippen molar-refractivity contribution in [2.75, 3.05) is 13.1 Å². The van der Waals surface area contributed by atoms with Crippen LogP contribution in [0.4, 0.5) is 0 Å². The van der Waals surface area contributed by atoms with Crippen molar-refractivity contribution < 1.29 is 9.59 Å². The fraction of sp³-hybridized carbons (Fsp3) is 0.778. The minimum absolute atomic E-state index is 0.0865. The smallest absolute Gasteiger partial charge is 0.220 e. The summed E-state index contributed by atoms with van der Waals surface area (Å²) >= 11 is 0. The van der Waals surface area contributed by atoms with E-state index in [9.17, 15) is 9.59 Å². The Morgan fingerprint density at radius 1 is 0.591 bits per heavy atom. The zero-order valence-electron chi connectivity index (χ0n) is 13.7. The van der Waals surface area contributed by atoms with Gasteiger partial charge in [0.05, 0.1) is 0 Å². The maximum absolute atomic E-state index is 11.6. The second-order valence-electron chi connectivity index (χ2n) is 5.88. The molecule has 1 aliphatic rings. The Morgan fingerprint density at radius 3 is 1.45 bits per heavy atom. The van der Waals surface area contributed by atoms with Gasteiger partial charge in [0.15, 0.2) is 0 Å². The van der Waals surface area contributed by atoms with Gasteiger partial charge in [0.2, 0.25) is 11.8 Å². The number of amides is 2. The van der Waals surface area contributed by atoms with Crippen molar-refractivity contribution in [1.82, 2.24) is 10.6 Å². The summed E-state index contributed by atoms with van der Waals surface area (Å²) in [4.78, 5) is 23.2. The molecule has 0 saturated carbocycles. The van der Waals surface area contributed by atoms with Crippen LogP contribution < -0.4 is 10.6 Å². The van der Waals surface area contributed by atoms with Crippen LogP contribution in [-0.2, 0) is 9.59 Å². The van der Waals surface area contributed by atoms with E-state index in [4.69, 9.17) is 0 Å². The molecule has 0 aliphatic carbocycles. The largest absolute Gasteiger partial charge is 0.354 e. The molecule has 0 fully saturated rings. The molecule has 1 aliphatic heterocycles. The van der Waals surface area contributed by atoms with Crippen LogP contribution in [0.3, 0.4) is 0 Å². The summed E-state index contributed by atoms with van der Waals surface area (Å²) in [5.74, 6) is 6.63. The van der Waals surface area contributed by atoms with Crippen molar-refractivity contribution in [2.24, 2.45) is 0 Å². The molecule has 0 atom stereocenters. The van der Waals surface area contributed by atoms with Gasteiger partial charge >= 0.3 is 0 Å². The minimum Gasteiger partial charge on any atom is -0.354 e. The maximum Gasteiger partial charge on any atom is 0.220 e. The van der Waals surface area contributed by atoms with Crippen LogP contribution in [0.1, 0.15) is 77.0 Å². The molecule has 1 heterocycles. The lowest BCUT2D eigenvalue weighted by molar-refractivity contribution is -0.123. The van der Waals surface area contributed by atoms with E-state index < -0.39 is 0 Å². The highest BCUT2D eigenvalue weighted by Crippen LogP contribution is 2.06. The number of rotatable bonds is 0. The predicted octanol–water partition coefficient (Wildman–Crippen LogP) is 2.92. The highest BCUT2D eigenvalue weighted by atomic mass is 16.2. The molecule has 4 heteroatoms. The van der Waals surface area contributed by atoms with Crippen molar-refractivity contribution in [3.8, 4) is 11.8 Å². The van der Waals surface area contributed by atoms with Gasteiger partial charge in [0.25, 0.3) is 0 Å². The lowest BCUT2D eigenvalue weighted by Gasteiger charge is -2.07. The third-order valence-corrected chi connectivity index (χ3v) is 3.81. The summed E-state index contributed by atoms with van der Waals surface area (Å²) in [6.07, 6.45) is 11.8. The van der Waals surface area contributed by atoms with Crippen LogP contribution in [0.15, 0.2) is 0 Å². The van der Waals surface area contributed by atoms with Crippen molar-refractivity contribution >= 4 is 11.8 Å². The molecule has 0 saturated heterocycles. The third kappa shape index (κ3) is 11.2. The van der Waals surface area contributed by atoms with Crippen molar-refractivity contribution in [3.63, 3.8) is 0 Å². The van der Waals surface area contributed by atoms with Gasteiger partial charge in [-0.3, -0.25) is 9.59 Å². The Bertz CT molecular complexity index is 348. The zero-order chi connectivity index (χ0) is 15.9. The average Bonchev–Trinajstić information content (AvgIpc) is 2.51. The van der Waals surface area contributed by atoms with E-state index in [0.717, 1.165) is 64.2 Å². The first kappa shape index (κ1) is 18.5. The van der Waals surface area contributed by atoms with E-state index in [1.165, 1.54) is 0 Å². The lowest BCUT2D eigenvalue weighted by atomic mass is 10.1. The van der Waals surface area contributed by atoms with Crippen molar-refractivity contribution in [2.45, 2.75) is 77.0 Å². The summed E-state index contributed by atoms with van der Waals surface area (Å²) in [5, 5.41) is 5.70. The van der Waals surface area contributed by atoms with E-state index in [2.05, 4.69) is 22.5 Å². The molecule has 0 unspecified atom stereocenters. The van der Waals surface area contributed by atoms with Gasteiger partial charge in [-0.15, -0.1) is 11.8 Å². The van der Waals surface area contributed by atoms with E-state index in [1.807, 2.05) is 0 Å². The topological polar surface area (TPSA) is 58.2 Å². The van der Waals surface area contributed by atoms with Gasteiger partial charge in [-0.25, -0.2) is 0 Å². The van der Waals surface area contributed by atoms with E-state index in [1.54, 1.807) is 0 Å². The van der Waals surface area contributed by atoms with Crippen LogP contribution in [0.25, 0.3) is 0 Å². The molecule has 1 rings (SSSR count). The van der Waals surface area contributed by atoms with Gasteiger partial charge in [0.1, 0.15) is 0 Å². The van der Waals surface area contributed by atoms with Gasteiger partial charge < -0.3 is 10.6 Å². The fourth-order valence-electron chi connectivity index (χ4n) is 2.46. The summed E-state index contributed by atoms with van der Waals surface area (Å²) < 4.78 is 0. The number of carbonyl (C=O) groups is 2. The Morgan fingerprint density at radius 2 is 1.00 bits per heavy atom. The molecule has 4 nitrogen and oxygen atoms in total. The molecule has 0 bridgehead atoms. The molecule has 2 amide bonds. The molecule has 124 valence electrons. The maximum atomic E-state index is 11.6. The zero-order valence-corrected chi connectivity index (χ0v) is 13.7. The van der Waals surface area contributed by atoms with Crippen LogP contribution in [0.5, 0.6) is 0 Å². The van der Waals surface area contributed by atoms with Crippen LogP contribution >= 0.6 is 0 Å². The number of hydrogen-bond acceptors (Lipinski definition) is 2. The molecule has 2 N–H and O–H groups in total. The molecule has 0 spiro atoms. The quantitative estimate of drug-likeness (QED) is 0.676. The van der Waals surface area contributed by atoms with Crippen molar-refractivity contribution in [1.29, 1.82) is 0 Å². The first-order chi connectivity index (χ1) is 10.8. The normalized spacial score (nSPS) is 20.9. The average molecular weight is 306 g/mol. The molecule has 0 aromatic heterocycles. The van der Waals surface area contributed by atoms with Crippen LogP contribution in [0.2, 0.25) is 0 Å². The third-order valence-electron chi connectivity index (χ3n) is 3.81. The molecular weight excluding hydrogens is 276 g/mol. The fourth-order valence-corrected chi connectivity index (χ4v) is 2.46. The SMILES string of the molecule is O=C1CCCCCCC#CCCCCCCC(=O)NCCN1. The number of hydrogen-bond donors (Lipinski definition) is 2. The van der Waals surface area contributed by atoms with Crippen LogP contribution in [-0.4, -0.2) is 24.9 Å². The summed E-state index contributed by atoms with van der Waals surface area (Å²) in [7, 11) is 0. The van der Waals surface area contributed by atoms with Gasteiger partial charge in [-0.05, 0) is 25.7 Å². The first-order valence-electron chi connectivity index (χ1n) is 8.78. The molecule has 0 radical (unpaired) electrons. The second-order valence-corrected chi connectivity index (χ2v) is 5.88. The Hall–Kier alpha value is -1.50. The Labute approximate surface area is 134 Å². The summed E-state index contributed by atoms with van der Waals surface area (Å²) in [6.45, 7) is 1.06. The number of nitrogens with one attached hydrogen (secondary N) is 2. The lowest BCUT2D eigenvalue weighted by Crippen LogP contribution is -2.34. The summed E-state index contributed by atoms with van der Waals surface area (Å²) in [5.41, 5.74) is 0. The van der Waals surface area contributed by atoms with Crippen molar-refractivity contribution in [3.05, 3.63) is 0 Å². The Kier molecular flexibility index (Phi) is 11.1. The molecular formula is C18H30N2O2. The highest BCUT2D eigenvalue weighted by molar-refractivity contribution is 5.77.